The third-order valence-electron chi connectivity index (χ3n) is 6.51. The van der Waals surface area contributed by atoms with Gasteiger partial charge in [0.05, 0.1) is 32.6 Å². The molecule has 2 heterocycles. The number of nitrogens with zero attached hydrogens (tertiary/aromatic N) is 2. The van der Waals surface area contributed by atoms with E-state index in [9.17, 15) is 4.79 Å². The summed E-state index contributed by atoms with van der Waals surface area (Å²) in [6.45, 7) is 3.09. The number of benzene rings is 3. The second-order valence-electron chi connectivity index (χ2n) is 8.57. The minimum atomic E-state index is -0.266. The van der Waals surface area contributed by atoms with Crippen LogP contribution in [-0.2, 0) is 6.42 Å². The first kappa shape index (κ1) is 23.5. The second-order valence-corrected chi connectivity index (χ2v) is 8.57. The largest absolute Gasteiger partial charge is 0.494 e. The number of rotatable bonds is 9. The summed E-state index contributed by atoms with van der Waals surface area (Å²) in [5.74, 6) is 2.10. The minimum Gasteiger partial charge on any atom is -0.494 e. The van der Waals surface area contributed by atoms with Crippen molar-refractivity contribution in [3.8, 4) is 28.5 Å². The quantitative estimate of drug-likeness (QED) is 0.351. The molecule has 7 nitrogen and oxygen atoms in total. The number of ether oxygens (including phenoxy) is 3. The number of aromatic amines is 1. The standard InChI is InChI=1S/C29H29N3O4/c1-4-36-22-13-11-21(12-14-22)28-25-26(20-8-6-5-7-9-20)30-31-27(25)29(33)32(28)17-16-19-10-15-23(34-2)24(18-19)35-3/h5-15,18,28H,4,16-17H2,1-3H3,(H,30,31). The molecule has 0 bridgehead atoms. The summed E-state index contributed by atoms with van der Waals surface area (Å²) >= 11 is 0. The highest BCUT2D eigenvalue weighted by molar-refractivity contribution is 6.00. The molecule has 0 fully saturated rings. The number of hydrogen-bond donors (Lipinski definition) is 1. The number of fused-ring (bicyclic) bond motifs is 1. The normalized spacial score (nSPS) is 14.6. The number of carbonyl (C=O) groups is 1. The molecular weight excluding hydrogens is 454 g/mol. The van der Waals surface area contributed by atoms with Crippen molar-refractivity contribution in [2.45, 2.75) is 19.4 Å². The summed E-state index contributed by atoms with van der Waals surface area (Å²) in [4.78, 5) is 15.5. The first-order valence-electron chi connectivity index (χ1n) is 12.0. The second kappa shape index (κ2) is 10.2. The summed E-state index contributed by atoms with van der Waals surface area (Å²) in [7, 11) is 3.24. The van der Waals surface area contributed by atoms with Gasteiger partial charge >= 0.3 is 0 Å². The number of carbonyl (C=O) groups excluding carboxylic acids is 1. The van der Waals surface area contributed by atoms with Crippen molar-refractivity contribution in [1.29, 1.82) is 0 Å². The van der Waals surface area contributed by atoms with Crippen molar-refractivity contribution >= 4 is 5.91 Å². The number of nitrogens with one attached hydrogen (secondary N) is 1. The van der Waals surface area contributed by atoms with Gasteiger partial charge in [-0.1, -0.05) is 48.5 Å². The van der Waals surface area contributed by atoms with Gasteiger partial charge in [0.2, 0.25) is 0 Å². The highest BCUT2D eigenvalue weighted by Gasteiger charge is 2.41. The summed E-state index contributed by atoms with van der Waals surface area (Å²) in [6.07, 6.45) is 0.665. The van der Waals surface area contributed by atoms with Crippen LogP contribution in [0.4, 0.5) is 0 Å². The van der Waals surface area contributed by atoms with Crippen LogP contribution in [0.1, 0.15) is 40.1 Å². The topological polar surface area (TPSA) is 76.7 Å². The molecule has 1 aromatic heterocycles. The SMILES string of the molecule is CCOc1ccc(C2c3c(-c4ccccc4)n[nH]c3C(=O)N2CCc2ccc(OC)c(OC)c2)cc1. The van der Waals surface area contributed by atoms with Crippen LogP contribution < -0.4 is 14.2 Å². The van der Waals surface area contributed by atoms with Gasteiger partial charge < -0.3 is 19.1 Å². The Bertz CT molecular complexity index is 1350. The van der Waals surface area contributed by atoms with Crippen LogP contribution in [0.5, 0.6) is 17.2 Å². The molecule has 0 radical (unpaired) electrons. The fourth-order valence-corrected chi connectivity index (χ4v) is 4.79. The van der Waals surface area contributed by atoms with Gasteiger partial charge in [0.1, 0.15) is 11.4 Å². The molecule has 5 rings (SSSR count). The molecule has 184 valence electrons. The molecule has 0 saturated carbocycles. The predicted octanol–water partition coefficient (Wildman–Crippen LogP) is 5.28. The van der Waals surface area contributed by atoms with Crippen molar-refractivity contribution in [3.63, 3.8) is 0 Å². The molecule has 0 saturated heterocycles. The van der Waals surface area contributed by atoms with Gasteiger partial charge in [-0.2, -0.15) is 5.10 Å². The van der Waals surface area contributed by atoms with E-state index in [1.54, 1.807) is 14.2 Å². The maximum absolute atomic E-state index is 13.6. The Labute approximate surface area is 210 Å². The summed E-state index contributed by atoms with van der Waals surface area (Å²) in [5.41, 5.74) is 5.29. The maximum Gasteiger partial charge on any atom is 0.273 e. The van der Waals surface area contributed by atoms with Gasteiger partial charge in [-0.05, 0) is 48.7 Å². The highest BCUT2D eigenvalue weighted by Crippen LogP contribution is 2.43. The maximum atomic E-state index is 13.6. The lowest BCUT2D eigenvalue weighted by molar-refractivity contribution is 0.0746. The number of aromatic nitrogens is 2. The Morgan fingerprint density at radius 1 is 0.944 bits per heavy atom. The van der Waals surface area contributed by atoms with E-state index in [-0.39, 0.29) is 11.9 Å². The third-order valence-corrected chi connectivity index (χ3v) is 6.51. The Morgan fingerprint density at radius 3 is 2.39 bits per heavy atom. The Balaban J connectivity index is 1.51. The van der Waals surface area contributed by atoms with Gasteiger partial charge in [-0.15, -0.1) is 0 Å². The first-order valence-corrected chi connectivity index (χ1v) is 12.0. The fraction of sp³-hybridized carbons (Fsp3) is 0.241. The average Bonchev–Trinajstić information content (AvgIpc) is 3.47. The molecule has 0 spiro atoms. The van der Waals surface area contributed by atoms with Crippen LogP contribution >= 0.6 is 0 Å². The number of amides is 1. The van der Waals surface area contributed by atoms with E-state index in [0.29, 0.717) is 36.8 Å². The zero-order chi connectivity index (χ0) is 25.1. The van der Waals surface area contributed by atoms with E-state index in [0.717, 1.165) is 33.7 Å². The highest BCUT2D eigenvalue weighted by atomic mass is 16.5. The van der Waals surface area contributed by atoms with Crippen molar-refractivity contribution < 1.29 is 19.0 Å². The molecule has 1 amide bonds. The van der Waals surface area contributed by atoms with Gasteiger partial charge in [0.25, 0.3) is 5.91 Å². The van der Waals surface area contributed by atoms with Gasteiger partial charge in [0.15, 0.2) is 11.5 Å². The molecule has 36 heavy (non-hydrogen) atoms. The molecule has 1 aliphatic rings. The van der Waals surface area contributed by atoms with Crippen molar-refractivity contribution in [2.24, 2.45) is 0 Å². The van der Waals surface area contributed by atoms with E-state index < -0.39 is 0 Å². The lowest BCUT2D eigenvalue weighted by Gasteiger charge is -2.27. The summed E-state index contributed by atoms with van der Waals surface area (Å²) in [6, 6.07) is 23.5. The smallest absolute Gasteiger partial charge is 0.273 e. The van der Waals surface area contributed by atoms with E-state index in [4.69, 9.17) is 14.2 Å². The molecule has 0 aliphatic carbocycles. The van der Waals surface area contributed by atoms with E-state index in [1.165, 1.54) is 0 Å². The third kappa shape index (κ3) is 4.28. The molecule has 1 aliphatic heterocycles. The molecule has 3 aromatic carbocycles. The lowest BCUT2D eigenvalue weighted by Crippen LogP contribution is -2.31. The minimum absolute atomic E-state index is 0.0564. The number of hydrogen-bond acceptors (Lipinski definition) is 5. The van der Waals surface area contributed by atoms with Gasteiger partial charge in [0, 0.05) is 17.7 Å². The van der Waals surface area contributed by atoms with Crippen LogP contribution in [0.3, 0.4) is 0 Å². The summed E-state index contributed by atoms with van der Waals surface area (Å²) in [5, 5.41) is 7.57. The van der Waals surface area contributed by atoms with E-state index >= 15 is 0 Å². The Kier molecular flexibility index (Phi) is 6.62. The van der Waals surface area contributed by atoms with Crippen LogP contribution in [0.2, 0.25) is 0 Å². The average molecular weight is 484 g/mol. The predicted molar refractivity (Wildman–Crippen MR) is 138 cm³/mol. The summed E-state index contributed by atoms with van der Waals surface area (Å²) < 4.78 is 16.5. The van der Waals surface area contributed by atoms with E-state index in [1.807, 2.05) is 84.6 Å². The van der Waals surface area contributed by atoms with Crippen molar-refractivity contribution in [2.75, 3.05) is 27.4 Å². The van der Waals surface area contributed by atoms with Crippen molar-refractivity contribution in [1.82, 2.24) is 15.1 Å². The molecule has 1 atom stereocenters. The molecular formula is C29H29N3O4. The molecule has 1 N–H and O–H groups in total. The first-order chi connectivity index (χ1) is 17.6. The lowest BCUT2D eigenvalue weighted by atomic mass is 9.96. The van der Waals surface area contributed by atoms with Crippen LogP contribution in [0, 0.1) is 0 Å². The number of methoxy groups -OCH3 is 2. The fourth-order valence-electron chi connectivity index (χ4n) is 4.79. The van der Waals surface area contributed by atoms with Crippen LogP contribution in [0.15, 0.2) is 72.8 Å². The molecule has 7 heteroatoms. The van der Waals surface area contributed by atoms with Crippen LogP contribution in [0.25, 0.3) is 11.3 Å². The Morgan fingerprint density at radius 2 is 1.69 bits per heavy atom. The van der Waals surface area contributed by atoms with Crippen molar-refractivity contribution in [3.05, 3.63) is 95.2 Å². The Hall–Kier alpha value is -4.26. The number of H-pyrrole nitrogens is 1. The monoisotopic (exact) mass is 483 g/mol. The zero-order valence-corrected chi connectivity index (χ0v) is 20.7. The van der Waals surface area contributed by atoms with Crippen LogP contribution in [-0.4, -0.2) is 48.4 Å². The van der Waals surface area contributed by atoms with Gasteiger partial charge in [-0.25, -0.2) is 0 Å². The van der Waals surface area contributed by atoms with E-state index in [2.05, 4.69) is 10.2 Å². The molecule has 4 aromatic rings. The van der Waals surface area contributed by atoms with Gasteiger partial charge in [-0.3, -0.25) is 9.89 Å². The zero-order valence-electron chi connectivity index (χ0n) is 20.7. The molecule has 1 unspecified atom stereocenters.